The first kappa shape index (κ1) is 20.5. The van der Waals surface area contributed by atoms with Gasteiger partial charge in [-0.3, -0.25) is 4.79 Å². The summed E-state index contributed by atoms with van der Waals surface area (Å²) < 4.78 is 0. The summed E-state index contributed by atoms with van der Waals surface area (Å²) in [5.74, 6) is -0.417. The number of aryl methyl sites for hydroxylation is 1. The van der Waals surface area contributed by atoms with Gasteiger partial charge in [-0.25, -0.2) is 4.79 Å². The van der Waals surface area contributed by atoms with E-state index in [1.54, 1.807) is 19.1 Å². The van der Waals surface area contributed by atoms with Crippen molar-refractivity contribution in [2.45, 2.75) is 26.3 Å². The number of rotatable bonds is 7. The van der Waals surface area contributed by atoms with Gasteiger partial charge < -0.3 is 15.3 Å². The summed E-state index contributed by atoms with van der Waals surface area (Å²) in [7, 11) is 0. The lowest BCUT2D eigenvalue weighted by atomic mass is 9.92. The molecule has 1 heterocycles. The number of likely N-dealkylation sites (N-methyl/N-ethyl adjacent to an activating group) is 1. The second-order valence-corrected chi connectivity index (χ2v) is 7.13. The molecule has 2 N–H and O–H groups in total. The quantitative estimate of drug-likeness (QED) is 0.558. The minimum absolute atomic E-state index is 0.0858. The number of amides is 3. The Morgan fingerprint density at radius 3 is 2.55 bits per heavy atom. The molecule has 1 aliphatic rings. The van der Waals surface area contributed by atoms with Crippen molar-refractivity contribution < 1.29 is 14.7 Å². The lowest BCUT2D eigenvalue weighted by Crippen LogP contribution is -2.40. The molecule has 0 radical (unpaired) electrons. The Balaban J connectivity index is 1.81. The Bertz CT molecular complexity index is 929. The van der Waals surface area contributed by atoms with Crippen LogP contribution in [0.1, 0.15) is 30.5 Å². The number of carbonyl (C=O) groups excluding carboxylic acids is 2. The van der Waals surface area contributed by atoms with Gasteiger partial charge in [0.2, 0.25) is 0 Å². The summed E-state index contributed by atoms with van der Waals surface area (Å²) >= 11 is 0. The van der Waals surface area contributed by atoms with Gasteiger partial charge in [0.15, 0.2) is 0 Å². The fraction of sp³-hybridized carbons (Fsp3) is 0.318. The Morgan fingerprint density at radius 1 is 1.21 bits per heavy atom. The Hall–Kier alpha value is -3.19. The summed E-state index contributed by atoms with van der Waals surface area (Å²) in [6.07, 6.45) is 1.52. The Morgan fingerprint density at radius 2 is 1.93 bits per heavy atom. The number of urea groups is 1. The van der Waals surface area contributed by atoms with Gasteiger partial charge in [0.25, 0.3) is 5.91 Å². The zero-order valence-corrected chi connectivity index (χ0v) is 16.9. The molecule has 1 saturated heterocycles. The van der Waals surface area contributed by atoms with Crippen LogP contribution in [0.3, 0.4) is 0 Å². The first-order valence-electron chi connectivity index (χ1n) is 9.63. The number of nitrogens with zero attached hydrogens (tertiary/aromatic N) is 3. The zero-order valence-electron chi connectivity index (χ0n) is 16.9. The molecule has 0 aromatic heterocycles. The van der Waals surface area contributed by atoms with Crippen molar-refractivity contribution in [2.24, 2.45) is 5.10 Å². The molecule has 0 aliphatic carbocycles. The number of aliphatic hydroxyl groups is 1. The van der Waals surface area contributed by atoms with Crippen molar-refractivity contribution >= 4 is 23.8 Å². The maximum Gasteiger partial charge on any atom is 0.346 e. The van der Waals surface area contributed by atoms with Crippen molar-refractivity contribution in [2.75, 3.05) is 24.6 Å². The van der Waals surface area contributed by atoms with Gasteiger partial charge in [-0.05, 0) is 49.6 Å². The molecule has 0 spiro atoms. The third-order valence-electron chi connectivity index (χ3n) is 5.20. The van der Waals surface area contributed by atoms with Gasteiger partial charge in [0.05, 0.1) is 12.8 Å². The van der Waals surface area contributed by atoms with Gasteiger partial charge in [-0.15, -0.1) is 5.01 Å². The number of hydrogen-bond donors (Lipinski definition) is 2. The first-order chi connectivity index (χ1) is 13.9. The van der Waals surface area contributed by atoms with Gasteiger partial charge in [0, 0.05) is 18.8 Å². The smallest absolute Gasteiger partial charge is 0.346 e. The van der Waals surface area contributed by atoms with Crippen LogP contribution >= 0.6 is 0 Å². The summed E-state index contributed by atoms with van der Waals surface area (Å²) in [5, 5.41) is 17.0. The Kier molecular flexibility index (Phi) is 5.98. The SMILES string of the molecule is CCN(CCO)c1ccc(/C=N\N2C(=O)N[C@](C)(c3ccccc3)C2=O)c(C)c1. The fourth-order valence-corrected chi connectivity index (χ4v) is 3.41. The van der Waals surface area contributed by atoms with Gasteiger partial charge in [-0.2, -0.15) is 5.10 Å². The van der Waals surface area contributed by atoms with E-state index in [2.05, 4.69) is 15.3 Å². The predicted octanol–water partition coefficient (Wildman–Crippen LogP) is 2.61. The average molecular weight is 394 g/mol. The number of aliphatic hydroxyl groups excluding tert-OH is 1. The van der Waals surface area contributed by atoms with Crippen LogP contribution in [0, 0.1) is 6.92 Å². The maximum atomic E-state index is 12.9. The van der Waals surface area contributed by atoms with Crippen molar-refractivity contribution in [1.29, 1.82) is 0 Å². The highest BCUT2D eigenvalue weighted by atomic mass is 16.3. The number of benzene rings is 2. The summed E-state index contributed by atoms with van der Waals surface area (Å²) in [5.41, 5.74) is 2.34. The topological polar surface area (TPSA) is 85.2 Å². The highest BCUT2D eigenvalue weighted by Gasteiger charge is 2.49. The minimum Gasteiger partial charge on any atom is -0.395 e. The molecule has 0 bridgehead atoms. The molecule has 29 heavy (non-hydrogen) atoms. The number of hydrazone groups is 1. The van der Waals surface area contributed by atoms with Gasteiger partial charge >= 0.3 is 6.03 Å². The van der Waals surface area contributed by atoms with Crippen molar-refractivity contribution in [1.82, 2.24) is 10.3 Å². The number of carbonyl (C=O) groups is 2. The van der Waals surface area contributed by atoms with Crippen LogP contribution in [0.4, 0.5) is 10.5 Å². The molecule has 1 fully saturated rings. The lowest BCUT2D eigenvalue weighted by molar-refractivity contribution is -0.131. The van der Waals surface area contributed by atoms with Crippen LogP contribution in [0.2, 0.25) is 0 Å². The van der Waals surface area contributed by atoms with Crippen molar-refractivity contribution in [3.05, 3.63) is 65.2 Å². The standard InChI is InChI=1S/C22H26N4O3/c1-4-25(12-13-27)19-11-10-17(16(2)14-19)15-23-26-20(28)22(3,24-21(26)29)18-8-6-5-7-9-18/h5-11,14-15,27H,4,12-13H2,1-3H3,(H,24,29)/b23-15-/t22-/m1/s1. The van der Waals surface area contributed by atoms with E-state index >= 15 is 0 Å². The van der Waals surface area contributed by atoms with Crippen LogP contribution in [0.15, 0.2) is 53.6 Å². The summed E-state index contributed by atoms with van der Waals surface area (Å²) in [4.78, 5) is 27.3. The van der Waals surface area contributed by atoms with E-state index in [9.17, 15) is 14.7 Å². The third-order valence-corrected chi connectivity index (χ3v) is 5.20. The number of hydrogen-bond acceptors (Lipinski definition) is 5. The zero-order chi connectivity index (χ0) is 21.0. The highest BCUT2D eigenvalue weighted by Crippen LogP contribution is 2.28. The third kappa shape index (κ3) is 4.00. The molecule has 3 amide bonds. The minimum atomic E-state index is -1.14. The van der Waals surface area contributed by atoms with E-state index in [4.69, 9.17) is 0 Å². The number of nitrogens with one attached hydrogen (secondary N) is 1. The van der Waals surface area contributed by atoms with E-state index in [0.29, 0.717) is 12.1 Å². The highest BCUT2D eigenvalue weighted by molar-refractivity contribution is 6.07. The van der Waals surface area contributed by atoms with Crippen molar-refractivity contribution in [3.8, 4) is 0 Å². The molecular weight excluding hydrogens is 368 g/mol. The van der Waals surface area contributed by atoms with Crippen LogP contribution in [-0.2, 0) is 10.3 Å². The molecule has 7 nitrogen and oxygen atoms in total. The molecule has 1 atom stereocenters. The largest absolute Gasteiger partial charge is 0.395 e. The number of anilines is 1. The first-order valence-corrected chi connectivity index (χ1v) is 9.63. The van der Waals surface area contributed by atoms with E-state index in [0.717, 1.165) is 28.4 Å². The van der Waals surface area contributed by atoms with E-state index < -0.39 is 17.5 Å². The molecule has 7 heteroatoms. The molecule has 152 valence electrons. The molecule has 3 rings (SSSR count). The van der Waals surface area contributed by atoms with Crippen LogP contribution < -0.4 is 10.2 Å². The lowest BCUT2D eigenvalue weighted by Gasteiger charge is -2.22. The molecule has 0 unspecified atom stereocenters. The number of imide groups is 1. The normalized spacial score (nSPS) is 19.1. The van der Waals surface area contributed by atoms with Crippen LogP contribution in [-0.4, -0.2) is 48.0 Å². The molecule has 2 aromatic rings. The second-order valence-electron chi connectivity index (χ2n) is 7.13. The van der Waals surface area contributed by atoms with E-state index in [-0.39, 0.29) is 6.61 Å². The van der Waals surface area contributed by atoms with E-state index in [1.807, 2.05) is 50.2 Å². The molecule has 0 saturated carbocycles. The van der Waals surface area contributed by atoms with Gasteiger partial charge in [-0.1, -0.05) is 36.4 Å². The summed E-state index contributed by atoms with van der Waals surface area (Å²) in [6, 6.07) is 14.4. The van der Waals surface area contributed by atoms with E-state index in [1.165, 1.54) is 6.21 Å². The van der Waals surface area contributed by atoms with Crippen molar-refractivity contribution in [3.63, 3.8) is 0 Å². The molecular formula is C22H26N4O3. The Labute approximate surface area is 170 Å². The predicted molar refractivity (Wildman–Crippen MR) is 113 cm³/mol. The molecule has 2 aromatic carbocycles. The fourth-order valence-electron chi connectivity index (χ4n) is 3.41. The maximum absolute atomic E-state index is 12.9. The average Bonchev–Trinajstić information content (AvgIpc) is 2.95. The van der Waals surface area contributed by atoms with Crippen LogP contribution in [0.5, 0.6) is 0 Å². The summed E-state index contributed by atoms with van der Waals surface area (Å²) in [6.45, 7) is 7.08. The van der Waals surface area contributed by atoms with Gasteiger partial charge in [0.1, 0.15) is 5.54 Å². The molecule has 1 aliphatic heterocycles. The second kappa shape index (κ2) is 8.45. The van der Waals surface area contributed by atoms with Crippen LogP contribution in [0.25, 0.3) is 0 Å². The monoisotopic (exact) mass is 394 g/mol.